The van der Waals surface area contributed by atoms with Crippen LogP contribution in [0.4, 0.5) is 0 Å². The number of carbonyl (C=O) groups is 1. The molecule has 31 heavy (non-hydrogen) atoms. The molecule has 1 aliphatic heterocycles. The van der Waals surface area contributed by atoms with E-state index < -0.39 is 5.97 Å². The molecule has 0 saturated carbocycles. The molecule has 0 bridgehead atoms. The van der Waals surface area contributed by atoms with E-state index in [1.807, 2.05) is 30.3 Å². The van der Waals surface area contributed by atoms with E-state index in [9.17, 15) is 9.90 Å². The topological polar surface area (TPSA) is 72.1 Å². The summed E-state index contributed by atoms with van der Waals surface area (Å²) in [5.74, 6) is 1.55. The van der Waals surface area contributed by atoms with E-state index in [1.54, 1.807) is 19.1 Å². The van der Waals surface area contributed by atoms with E-state index in [0.717, 1.165) is 30.8 Å². The SMILES string of the molecule is Cc1oc2ccc(O)c(CN3CCCC(C)C3)c2c1C(=O)OCCOc1ccccc1. The number of fused-ring (bicyclic) bond motifs is 1. The van der Waals surface area contributed by atoms with E-state index in [2.05, 4.69) is 11.8 Å². The standard InChI is InChI=1S/C25H29NO5/c1-17-7-6-12-26(15-17)16-20-21(27)10-11-22-24(20)23(18(2)31-22)25(28)30-14-13-29-19-8-4-3-5-9-19/h3-5,8-11,17,27H,6-7,12-16H2,1-2H3. The van der Waals surface area contributed by atoms with Gasteiger partial charge in [-0.1, -0.05) is 25.1 Å². The minimum Gasteiger partial charge on any atom is -0.508 e. The zero-order valence-corrected chi connectivity index (χ0v) is 18.1. The fraction of sp³-hybridized carbons (Fsp3) is 0.400. The lowest BCUT2D eigenvalue weighted by molar-refractivity contribution is 0.0450. The molecule has 4 rings (SSSR count). The summed E-state index contributed by atoms with van der Waals surface area (Å²) >= 11 is 0. The molecule has 164 valence electrons. The number of hydrogen-bond acceptors (Lipinski definition) is 6. The molecule has 2 aromatic carbocycles. The van der Waals surface area contributed by atoms with Crippen molar-refractivity contribution >= 4 is 16.9 Å². The quantitative estimate of drug-likeness (QED) is 0.430. The van der Waals surface area contributed by atoms with Gasteiger partial charge in [-0.15, -0.1) is 0 Å². The van der Waals surface area contributed by atoms with Crippen LogP contribution in [0.1, 0.15) is 41.4 Å². The Morgan fingerprint density at radius 2 is 2.00 bits per heavy atom. The first-order valence-corrected chi connectivity index (χ1v) is 10.8. The van der Waals surface area contributed by atoms with E-state index in [4.69, 9.17) is 13.9 Å². The van der Waals surface area contributed by atoms with Gasteiger partial charge in [0.2, 0.25) is 0 Å². The highest BCUT2D eigenvalue weighted by atomic mass is 16.6. The van der Waals surface area contributed by atoms with Gasteiger partial charge < -0.3 is 19.0 Å². The summed E-state index contributed by atoms with van der Waals surface area (Å²) in [6.45, 7) is 6.91. The Hall–Kier alpha value is -2.99. The van der Waals surface area contributed by atoms with E-state index >= 15 is 0 Å². The van der Waals surface area contributed by atoms with Crippen molar-refractivity contribution in [3.63, 3.8) is 0 Å². The summed E-state index contributed by atoms with van der Waals surface area (Å²) < 4.78 is 16.9. The van der Waals surface area contributed by atoms with Gasteiger partial charge in [-0.25, -0.2) is 4.79 Å². The van der Waals surface area contributed by atoms with Crippen LogP contribution in [0, 0.1) is 12.8 Å². The molecule has 6 heteroatoms. The number of phenols is 1. The van der Waals surface area contributed by atoms with Gasteiger partial charge in [0, 0.05) is 24.0 Å². The second-order valence-electron chi connectivity index (χ2n) is 8.25. The van der Waals surface area contributed by atoms with Crippen LogP contribution in [0.25, 0.3) is 11.0 Å². The van der Waals surface area contributed by atoms with Crippen LogP contribution in [-0.4, -0.2) is 42.3 Å². The van der Waals surface area contributed by atoms with Crippen molar-refractivity contribution in [2.24, 2.45) is 5.92 Å². The normalized spacial score (nSPS) is 17.0. The van der Waals surface area contributed by atoms with Crippen molar-refractivity contribution in [1.29, 1.82) is 0 Å². The fourth-order valence-corrected chi connectivity index (χ4v) is 4.31. The van der Waals surface area contributed by atoms with Gasteiger partial charge in [0.15, 0.2) is 0 Å². The Balaban J connectivity index is 1.52. The molecule has 1 saturated heterocycles. The van der Waals surface area contributed by atoms with Crippen LogP contribution in [0.3, 0.4) is 0 Å². The number of carbonyl (C=O) groups excluding carboxylic acids is 1. The molecule has 1 aromatic heterocycles. The molecular weight excluding hydrogens is 394 g/mol. The highest BCUT2D eigenvalue weighted by Gasteiger charge is 2.26. The first-order chi connectivity index (χ1) is 15.0. The van der Waals surface area contributed by atoms with Crippen molar-refractivity contribution < 1.29 is 23.8 Å². The second kappa shape index (κ2) is 9.43. The summed E-state index contributed by atoms with van der Waals surface area (Å²) in [5, 5.41) is 11.3. The van der Waals surface area contributed by atoms with Crippen molar-refractivity contribution in [3.8, 4) is 11.5 Å². The molecule has 1 N–H and O–H groups in total. The summed E-state index contributed by atoms with van der Waals surface area (Å²) in [6.07, 6.45) is 2.36. The number of esters is 1. The smallest absolute Gasteiger partial charge is 0.342 e. The lowest BCUT2D eigenvalue weighted by Gasteiger charge is -2.31. The molecule has 1 unspecified atom stereocenters. The van der Waals surface area contributed by atoms with Gasteiger partial charge in [0.25, 0.3) is 0 Å². The molecule has 0 amide bonds. The van der Waals surface area contributed by atoms with Gasteiger partial charge in [-0.3, -0.25) is 4.90 Å². The minimum absolute atomic E-state index is 0.123. The molecule has 0 spiro atoms. The van der Waals surface area contributed by atoms with Crippen LogP contribution in [0.15, 0.2) is 46.9 Å². The molecule has 6 nitrogen and oxygen atoms in total. The molecule has 0 radical (unpaired) electrons. The van der Waals surface area contributed by atoms with Crippen molar-refractivity contribution in [2.75, 3.05) is 26.3 Å². The lowest BCUT2D eigenvalue weighted by Crippen LogP contribution is -2.33. The number of likely N-dealkylation sites (tertiary alicyclic amines) is 1. The fourth-order valence-electron chi connectivity index (χ4n) is 4.31. The predicted octanol–water partition coefficient (Wildman–Crippen LogP) is 4.91. The summed E-state index contributed by atoms with van der Waals surface area (Å²) in [6, 6.07) is 12.7. The molecule has 1 aliphatic rings. The van der Waals surface area contributed by atoms with Crippen molar-refractivity contribution in [2.45, 2.75) is 33.2 Å². The largest absolute Gasteiger partial charge is 0.508 e. The van der Waals surface area contributed by atoms with E-state index in [0.29, 0.717) is 34.8 Å². The number of aromatic hydroxyl groups is 1. The Labute approximate surface area is 182 Å². The third kappa shape index (κ3) is 4.85. The number of para-hydroxylation sites is 1. The maximum absolute atomic E-state index is 12.9. The van der Waals surface area contributed by atoms with Crippen LogP contribution < -0.4 is 4.74 Å². The number of ether oxygens (including phenoxy) is 2. The average Bonchev–Trinajstić information content (AvgIpc) is 3.10. The molecule has 1 fully saturated rings. The number of hydrogen-bond donors (Lipinski definition) is 1. The van der Waals surface area contributed by atoms with E-state index in [-0.39, 0.29) is 19.0 Å². The first-order valence-electron chi connectivity index (χ1n) is 10.8. The van der Waals surface area contributed by atoms with Gasteiger partial charge in [-0.05, 0) is 56.5 Å². The average molecular weight is 424 g/mol. The third-order valence-electron chi connectivity index (χ3n) is 5.77. The number of nitrogens with zero attached hydrogens (tertiary/aromatic N) is 1. The first kappa shape index (κ1) is 21.2. The van der Waals surface area contributed by atoms with Crippen molar-refractivity contribution in [3.05, 3.63) is 59.4 Å². The number of furan rings is 1. The predicted molar refractivity (Wildman–Crippen MR) is 119 cm³/mol. The lowest BCUT2D eigenvalue weighted by atomic mass is 9.98. The number of piperidine rings is 1. The monoisotopic (exact) mass is 423 g/mol. The zero-order chi connectivity index (χ0) is 21.8. The maximum atomic E-state index is 12.9. The maximum Gasteiger partial charge on any atom is 0.342 e. The van der Waals surface area contributed by atoms with Gasteiger partial charge in [0.05, 0.1) is 0 Å². The number of rotatable bonds is 7. The molecule has 0 aliphatic carbocycles. The summed E-state index contributed by atoms with van der Waals surface area (Å²) in [5.41, 5.74) is 1.68. The second-order valence-corrected chi connectivity index (χ2v) is 8.25. The van der Waals surface area contributed by atoms with Gasteiger partial charge >= 0.3 is 5.97 Å². The third-order valence-corrected chi connectivity index (χ3v) is 5.77. The Morgan fingerprint density at radius 3 is 2.77 bits per heavy atom. The number of benzene rings is 2. The van der Waals surface area contributed by atoms with Crippen LogP contribution >= 0.6 is 0 Å². The summed E-state index contributed by atoms with van der Waals surface area (Å²) in [7, 11) is 0. The van der Waals surface area contributed by atoms with Crippen LogP contribution in [0.5, 0.6) is 11.5 Å². The highest BCUT2D eigenvalue weighted by Crippen LogP contribution is 2.35. The zero-order valence-electron chi connectivity index (χ0n) is 18.1. The number of aryl methyl sites for hydroxylation is 1. The van der Waals surface area contributed by atoms with Crippen LogP contribution in [-0.2, 0) is 11.3 Å². The molecule has 2 heterocycles. The van der Waals surface area contributed by atoms with Gasteiger partial charge in [0.1, 0.15) is 41.6 Å². The minimum atomic E-state index is -0.466. The summed E-state index contributed by atoms with van der Waals surface area (Å²) in [4.78, 5) is 15.3. The highest BCUT2D eigenvalue weighted by molar-refractivity contribution is 6.06. The van der Waals surface area contributed by atoms with Crippen LogP contribution in [0.2, 0.25) is 0 Å². The molecule has 1 atom stereocenters. The van der Waals surface area contributed by atoms with Crippen molar-refractivity contribution in [1.82, 2.24) is 4.90 Å². The Kier molecular flexibility index (Phi) is 6.47. The molecule has 3 aromatic rings. The number of phenolic OH excluding ortho intramolecular Hbond substituents is 1. The Bertz CT molecular complexity index is 1040. The molecular formula is C25H29NO5. The van der Waals surface area contributed by atoms with Gasteiger partial charge in [-0.2, -0.15) is 0 Å². The van der Waals surface area contributed by atoms with E-state index in [1.165, 1.54) is 6.42 Å². The Morgan fingerprint density at radius 1 is 1.19 bits per heavy atom.